The van der Waals surface area contributed by atoms with E-state index >= 15 is 0 Å². The summed E-state index contributed by atoms with van der Waals surface area (Å²) in [5, 5.41) is 3.57. The minimum atomic E-state index is 0.367. The molecule has 1 heterocycles. The Hall–Kier alpha value is -0.900. The summed E-state index contributed by atoms with van der Waals surface area (Å²) in [6.45, 7) is 6.89. The molecule has 100 valence electrons. The van der Waals surface area contributed by atoms with Crippen molar-refractivity contribution in [2.75, 3.05) is 33.9 Å². The maximum Gasteiger partial charge on any atom is 0.0639 e. The third-order valence-electron chi connectivity index (χ3n) is 3.63. The highest BCUT2D eigenvalue weighted by Crippen LogP contribution is 2.27. The highest BCUT2D eigenvalue weighted by atomic mass is 16.5. The van der Waals surface area contributed by atoms with Gasteiger partial charge in [0.25, 0.3) is 0 Å². The van der Waals surface area contributed by atoms with Crippen LogP contribution in [0.3, 0.4) is 0 Å². The lowest BCUT2D eigenvalue weighted by atomic mass is 9.93. The zero-order chi connectivity index (χ0) is 13.1. The lowest BCUT2D eigenvalue weighted by Gasteiger charge is -2.36. The summed E-state index contributed by atoms with van der Waals surface area (Å²) in [5.41, 5.74) is 4.08. The quantitative estimate of drug-likeness (QED) is 0.884. The van der Waals surface area contributed by atoms with Crippen LogP contribution >= 0.6 is 0 Å². The highest BCUT2D eigenvalue weighted by molar-refractivity contribution is 5.33. The number of rotatable bonds is 3. The topological polar surface area (TPSA) is 24.5 Å². The van der Waals surface area contributed by atoms with E-state index in [4.69, 9.17) is 4.74 Å². The summed E-state index contributed by atoms with van der Waals surface area (Å²) < 4.78 is 5.61. The zero-order valence-electron chi connectivity index (χ0n) is 11.9. The molecule has 1 aromatic carbocycles. The molecule has 1 fully saturated rings. The molecule has 0 bridgehead atoms. The molecule has 0 aromatic heterocycles. The van der Waals surface area contributed by atoms with Crippen LogP contribution < -0.4 is 5.32 Å². The maximum absolute atomic E-state index is 5.61. The van der Waals surface area contributed by atoms with E-state index in [-0.39, 0.29) is 0 Å². The molecule has 0 spiro atoms. The van der Waals surface area contributed by atoms with Crippen LogP contribution in [-0.4, -0.2) is 44.8 Å². The lowest BCUT2D eigenvalue weighted by Crippen LogP contribution is -2.49. The van der Waals surface area contributed by atoms with Gasteiger partial charge < -0.3 is 15.0 Å². The van der Waals surface area contributed by atoms with Gasteiger partial charge >= 0.3 is 0 Å². The summed E-state index contributed by atoms with van der Waals surface area (Å²) in [6.07, 6.45) is 0. The molecule has 2 unspecified atom stereocenters. The Balaban J connectivity index is 2.28. The number of benzene rings is 1. The van der Waals surface area contributed by atoms with Crippen LogP contribution in [0, 0.1) is 13.8 Å². The van der Waals surface area contributed by atoms with Gasteiger partial charge in [0.2, 0.25) is 0 Å². The number of aryl methyl sites for hydroxylation is 2. The minimum absolute atomic E-state index is 0.367. The highest BCUT2D eigenvalue weighted by Gasteiger charge is 2.27. The van der Waals surface area contributed by atoms with Crippen molar-refractivity contribution in [3.63, 3.8) is 0 Å². The van der Waals surface area contributed by atoms with E-state index in [1.807, 2.05) is 0 Å². The van der Waals surface area contributed by atoms with Crippen molar-refractivity contribution in [3.05, 3.63) is 34.9 Å². The van der Waals surface area contributed by atoms with Gasteiger partial charge in [0.05, 0.1) is 25.3 Å². The number of hydrogen-bond acceptors (Lipinski definition) is 3. The molecule has 1 aromatic rings. The number of morpholine rings is 1. The van der Waals surface area contributed by atoms with E-state index in [0.29, 0.717) is 12.1 Å². The summed E-state index contributed by atoms with van der Waals surface area (Å²) in [5.74, 6) is 0. The predicted octanol–water partition coefficient (Wildman–Crippen LogP) is 1.89. The smallest absolute Gasteiger partial charge is 0.0639 e. The summed E-state index contributed by atoms with van der Waals surface area (Å²) in [6, 6.07) is 7.45. The summed E-state index contributed by atoms with van der Waals surface area (Å²) in [4.78, 5) is 2.28. The molecule has 2 atom stereocenters. The zero-order valence-corrected chi connectivity index (χ0v) is 11.9. The van der Waals surface area contributed by atoms with Crippen molar-refractivity contribution < 1.29 is 4.74 Å². The predicted molar refractivity (Wildman–Crippen MR) is 75.0 cm³/mol. The van der Waals surface area contributed by atoms with Crippen LogP contribution in [-0.2, 0) is 4.74 Å². The fourth-order valence-electron chi connectivity index (χ4n) is 2.80. The fourth-order valence-corrected chi connectivity index (χ4v) is 2.80. The van der Waals surface area contributed by atoms with Gasteiger partial charge in [-0.2, -0.15) is 0 Å². The largest absolute Gasteiger partial charge is 0.378 e. The van der Waals surface area contributed by atoms with Gasteiger partial charge in [-0.3, -0.25) is 0 Å². The van der Waals surface area contributed by atoms with Crippen molar-refractivity contribution >= 4 is 0 Å². The van der Waals surface area contributed by atoms with Gasteiger partial charge in [0, 0.05) is 6.54 Å². The van der Waals surface area contributed by atoms with Crippen molar-refractivity contribution in [1.82, 2.24) is 10.2 Å². The van der Waals surface area contributed by atoms with Crippen molar-refractivity contribution in [2.45, 2.75) is 25.9 Å². The Labute approximate surface area is 110 Å². The van der Waals surface area contributed by atoms with E-state index < -0.39 is 0 Å². The SMILES string of the molecule is Cc1ccc(C(C2COCCN2)N(C)C)c(C)c1. The Morgan fingerprint density at radius 1 is 1.33 bits per heavy atom. The molecule has 1 N–H and O–H groups in total. The second kappa shape index (κ2) is 5.83. The van der Waals surface area contributed by atoms with Gasteiger partial charge in [0.1, 0.15) is 0 Å². The molecule has 1 aliphatic rings. The molecule has 0 saturated carbocycles. The van der Waals surface area contributed by atoms with Crippen LogP contribution in [0.2, 0.25) is 0 Å². The molecule has 2 rings (SSSR count). The van der Waals surface area contributed by atoms with Gasteiger partial charge in [-0.1, -0.05) is 23.8 Å². The number of nitrogens with zero attached hydrogens (tertiary/aromatic N) is 1. The Morgan fingerprint density at radius 2 is 2.11 bits per heavy atom. The van der Waals surface area contributed by atoms with Crippen molar-refractivity contribution in [3.8, 4) is 0 Å². The number of nitrogens with one attached hydrogen (secondary N) is 1. The molecule has 1 saturated heterocycles. The first-order valence-electron chi connectivity index (χ1n) is 6.64. The first kappa shape index (κ1) is 13.5. The van der Waals surface area contributed by atoms with Gasteiger partial charge in [0.15, 0.2) is 0 Å². The molecule has 18 heavy (non-hydrogen) atoms. The van der Waals surface area contributed by atoms with Crippen LogP contribution in [0.1, 0.15) is 22.7 Å². The molecule has 0 radical (unpaired) electrons. The van der Waals surface area contributed by atoms with E-state index in [1.165, 1.54) is 16.7 Å². The van der Waals surface area contributed by atoms with Gasteiger partial charge in [-0.15, -0.1) is 0 Å². The van der Waals surface area contributed by atoms with Gasteiger partial charge in [-0.05, 0) is 39.1 Å². The van der Waals surface area contributed by atoms with E-state index in [9.17, 15) is 0 Å². The molecular formula is C15H24N2O. The van der Waals surface area contributed by atoms with Gasteiger partial charge in [-0.25, -0.2) is 0 Å². The molecule has 3 heteroatoms. The molecular weight excluding hydrogens is 224 g/mol. The maximum atomic E-state index is 5.61. The van der Waals surface area contributed by atoms with E-state index in [0.717, 1.165) is 19.8 Å². The lowest BCUT2D eigenvalue weighted by molar-refractivity contribution is 0.0458. The molecule has 0 amide bonds. The molecule has 3 nitrogen and oxygen atoms in total. The van der Waals surface area contributed by atoms with Crippen molar-refractivity contribution in [1.29, 1.82) is 0 Å². The standard InChI is InChI=1S/C15H24N2O/c1-11-5-6-13(12(2)9-11)15(17(3)4)14-10-18-8-7-16-14/h5-6,9,14-16H,7-8,10H2,1-4H3. The third kappa shape index (κ3) is 2.91. The fraction of sp³-hybridized carbons (Fsp3) is 0.600. The van der Waals surface area contributed by atoms with Crippen LogP contribution in [0.15, 0.2) is 18.2 Å². The number of ether oxygens (including phenoxy) is 1. The number of hydrogen-bond donors (Lipinski definition) is 1. The third-order valence-corrected chi connectivity index (χ3v) is 3.63. The average Bonchev–Trinajstić information content (AvgIpc) is 2.33. The Bertz CT molecular complexity index is 397. The Kier molecular flexibility index (Phi) is 4.38. The van der Waals surface area contributed by atoms with Crippen LogP contribution in [0.25, 0.3) is 0 Å². The second-order valence-corrected chi connectivity index (χ2v) is 5.40. The summed E-state index contributed by atoms with van der Waals surface area (Å²) >= 11 is 0. The van der Waals surface area contributed by atoms with E-state index in [1.54, 1.807) is 0 Å². The number of likely N-dealkylation sites (N-methyl/N-ethyl adjacent to an activating group) is 1. The van der Waals surface area contributed by atoms with Crippen molar-refractivity contribution in [2.24, 2.45) is 0 Å². The normalized spacial score (nSPS) is 22.2. The minimum Gasteiger partial charge on any atom is -0.378 e. The molecule has 0 aliphatic carbocycles. The Morgan fingerprint density at radius 3 is 2.67 bits per heavy atom. The molecule has 1 aliphatic heterocycles. The first-order chi connectivity index (χ1) is 8.59. The van der Waals surface area contributed by atoms with Crippen LogP contribution in [0.5, 0.6) is 0 Å². The van der Waals surface area contributed by atoms with Crippen LogP contribution in [0.4, 0.5) is 0 Å². The monoisotopic (exact) mass is 248 g/mol. The van der Waals surface area contributed by atoms with E-state index in [2.05, 4.69) is 56.4 Å². The summed E-state index contributed by atoms with van der Waals surface area (Å²) in [7, 11) is 4.28. The average molecular weight is 248 g/mol. The first-order valence-corrected chi connectivity index (χ1v) is 6.64. The second-order valence-electron chi connectivity index (χ2n) is 5.40.